The Morgan fingerprint density at radius 2 is 2.04 bits per heavy atom. The van der Waals surface area contributed by atoms with Crippen molar-refractivity contribution < 1.29 is 9.59 Å². The van der Waals surface area contributed by atoms with Crippen LogP contribution in [-0.4, -0.2) is 27.9 Å². The van der Waals surface area contributed by atoms with Crippen LogP contribution in [-0.2, 0) is 17.8 Å². The van der Waals surface area contributed by atoms with Gasteiger partial charge in [0.2, 0.25) is 5.91 Å². The zero-order valence-corrected chi connectivity index (χ0v) is 14.6. The number of anilines is 1. The molecule has 1 aliphatic rings. The summed E-state index contributed by atoms with van der Waals surface area (Å²) in [5.41, 5.74) is 1.44. The number of pyridine rings is 1. The number of nitrogens with one attached hydrogen (secondary N) is 3. The predicted octanol–water partition coefficient (Wildman–Crippen LogP) is 2.46. The van der Waals surface area contributed by atoms with Crippen LogP contribution in [0.15, 0.2) is 29.8 Å². The molecule has 0 bridgehead atoms. The standard InChI is InChI=1S/C17H21N5O2S/c23-15(19-10-13-7-3-4-8-18-13)9-14-11-25-17(21-14)22-16(24)20-12-5-1-2-6-12/h3-4,7-8,11-12H,1-2,5-6,9-10H2,(H,19,23)(H2,20,21,22,24). The van der Waals surface area contributed by atoms with Gasteiger partial charge in [0.15, 0.2) is 5.13 Å². The summed E-state index contributed by atoms with van der Waals surface area (Å²) >= 11 is 1.32. The molecule has 0 aromatic carbocycles. The van der Waals surface area contributed by atoms with Gasteiger partial charge in [0.05, 0.1) is 24.4 Å². The third-order valence-corrected chi connectivity index (χ3v) is 4.80. The first kappa shape index (κ1) is 17.3. The number of carbonyl (C=O) groups excluding carboxylic acids is 2. The van der Waals surface area contributed by atoms with E-state index in [0.29, 0.717) is 17.4 Å². The van der Waals surface area contributed by atoms with Crippen LogP contribution < -0.4 is 16.0 Å². The molecule has 8 heteroatoms. The molecule has 2 heterocycles. The maximum atomic E-state index is 12.0. The van der Waals surface area contributed by atoms with E-state index < -0.39 is 0 Å². The highest BCUT2D eigenvalue weighted by Crippen LogP contribution is 2.19. The zero-order valence-electron chi connectivity index (χ0n) is 13.8. The molecule has 0 unspecified atom stereocenters. The lowest BCUT2D eigenvalue weighted by molar-refractivity contribution is -0.120. The fourth-order valence-corrected chi connectivity index (χ4v) is 3.46. The SMILES string of the molecule is O=C(Cc1csc(NC(=O)NC2CCCC2)n1)NCc1ccccn1. The van der Waals surface area contributed by atoms with Crippen molar-refractivity contribution in [2.45, 2.75) is 44.7 Å². The lowest BCUT2D eigenvalue weighted by Crippen LogP contribution is -2.36. The molecule has 1 aliphatic carbocycles. The molecule has 0 saturated heterocycles. The van der Waals surface area contributed by atoms with Crippen molar-refractivity contribution in [3.63, 3.8) is 0 Å². The van der Waals surface area contributed by atoms with Crippen molar-refractivity contribution in [1.82, 2.24) is 20.6 Å². The van der Waals surface area contributed by atoms with E-state index in [2.05, 4.69) is 25.9 Å². The largest absolute Gasteiger partial charge is 0.350 e. The Bertz CT molecular complexity index is 713. The van der Waals surface area contributed by atoms with Crippen molar-refractivity contribution in [3.8, 4) is 0 Å². The van der Waals surface area contributed by atoms with Crippen molar-refractivity contribution >= 4 is 28.4 Å². The third kappa shape index (κ3) is 5.53. The maximum Gasteiger partial charge on any atom is 0.321 e. The number of hydrogen-bond donors (Lipinski definition) is 3. The fraction of sp³-hybridized carbons (Fsp3) is 0.412. The number of rotatable bonds is 6. The van der Waals surface area contributed by atoms with Crippen molar-refractivity contribution in [1.29, 1.82) is 0 Å². The number of aromatic nitrogens is 2. The zero-order chi connectivity index (χ0) is 17.5. The minimum absolute atomic E-state index is 0.127. The average molecular weight is 359 g/mol. The van der Waals surface area contributed by atoms with E-state index >= 15 is 0 Å². The number of urea groups is 1. The number of hydrogen-bond acceptors (Lipinski definition) is 5. The predicted molar refractivity (Wildman–Crippen MR) is 96.3 cm³/mol. The molecule has 2 aromatic rings. The monoisotopic (exact) mass is 359 g/mol. The summed E-state index contributed by atoms with van der Waals surface area (Å²) in [5.74, 6) is -0.127. The molecule has 2 aromatic heterocycles. The number of amides is 3. The summed E-state index contributed by atoms with van der Waals surface area (Å²) in [6.07, 6.45) is 6.27. The van der Waals surface area contributed by atoms with Gasteiger partial charge in [-0.25, -0.2) is 9.78 Å². The number of thiazole rings is 1. The molecule has 132 valence electrons. The fourth-order valence-electron chi connectivity index (χ4n) is 2.75. The van der Waals surface area contributed by atoms with Gasteiger partial charge in [-0.3, -0.25) is 15.1 Å². The second kappa shape index (κ2) is 8.57. The molecule has 0 radical (unpaired) electrons. The molecule has 0 spiro atoms. The summed E-state index contributed by atoms with van der Waals surface area (Å²) in [5, 5.41) is 10.8. The molecular formula is C17H21N5O2S. The Morgan fingerprint density at radius 3 is 2.80 bits per heavy atom. The van der Waals surface area contributed by atoms with Crippen LogP contribution in [0.3, 0.4) is 0 Å². The van der Waals surface area contributed by atoms with Crippen LogP contribution in [0.5, 0.6) is 0 Å². The number of carbonyl (C=O) groups is 2. The maximum absolute atomic E-state index is 12.0. The summed E-state index contributed by atoms with van der Waals surface area (Å²) in [6.45, 7) is 0.388. The van der Waals surface area contributed by atoms with E-state index in [1.807, 2.05) is 18.2 Å². The first-order valence-corrected chi connectivity index (χ1v) is 9.25. The minimum atomic E-state index is -0.229. The van der Waals surface area contributed by atoms with Gasteiger partial charge >= 0.3 is 6.03 Å². The van der Waals surface area contributed by atoms with Crippen LogP contribution in [0.2, 0.25) is 0 Å². The third-order valence-electron chi connectivity index (χ3n) is 4.00. The van der Waals surface area contributed by atoms with E-state index in [-0.39, 0.29) is 24.4 Å². The lowest BCUT2D eigenvalue weighted by Gasteiger charge is -2.11. The van der Waals surface area contributed by atoms with Gasteiger partial charge in [-0.15, -0.1) is 11.3 Å². The summed E-state index contributed by atoms with van der Waals surface area (Å²) in [7, 11) is 0. The van der Waals surface area contributed by atoms with E-state index in [1.54, 1.807) is 11.6 Å². The van der Waals surface area contributed by atoms with Crippen LogP contribution in [0, 0.1) is 0 Å². The van der Waals surface area contributed by atoms with Gasteiger partial charge in [-0.05, 0) is 25.0 Å². The molecule has 25 heavy (non-hydrogen) atoms. The van der Waals surface area contributed by atoms with Gasteiger partial charge in [0.25, 0.3) is 0 Å². The summed E-state index contributed by atoms with van der Waals surface area (Å²) in [6, 6.07) is 5.60. The van der Waals surface area contributed by atoms with E-state index in [9.17, 15) is 9.59 Å². The summed E-state index contributed by atoms with van der Waals surface area (Å²) < 4.78 is 0. The minimum Gasteiger partial charge on any atom is -0.350 e. The summed E-state index contributed by atoms with van der Waals surface area (Å²) in [4.78, 5) is 32.3. The van der Waals surface area contributed by atoms with Gasteiger partial charge in [-0.2, -0.15) is 0 Å². The molecule has 3 amide bonds. The van der Waals surface area contributed by atoms with Gasteiger partial charge < -0.3 is 10.6 Å². The Morgan fingerprint density at radius 1 is 1.20 bits per heavy atom. The van der Waals surface area contributed by atoms with Crippen LogP contribution in [0.25, 0.3) is 0 Å². The van der Waals surface area contributed by atoms with E-state index in [1.165, 1.54) is 24.2 Å². The molecule has 1 saturated carbocycles. The molecule has 1 fully saturated rings. The highest BCUT2D eigenvalue weighted by molar-refractivity contribution is 7.13. The lowest BCUT2D eigenvalue weighted by atomic mass is 10.3. The molecule has 0 aliphatic heterocycles. The first-order chi connectivity index (χ1) is 12.2. The molecule has 3 N–H and O–H groups in total. The van der Waals surface area contributed by atoms with E-state index in [4.69, 9.17) is 0 Å². The smallest absolute Gasteiger partial charge is 0.321 e. The quantitative estimate of drug-likeness (QED) is 0.738. The topological polar surface area (TPSA) is 96.0 Å². The van der Waals surface area contributed by atoms with Gasteiger partial charge in [-0.1, -0.05) is 18.9 Å². The van der Waals surface area contributed by atoms with Crippen molar-refractivity contribution in [3.05, 3.63) is 41.2 Å². The van der Waals surface area contributed by atoms with Crippen molar-refractivity contribution in [2.24, 2.45) is 0 Å². The second-order valence-electron chi connectivity index (χ2n) is 6.00. The van der Waals surface area contributed by atoms with Gasteiger partial charge in [0.1, 0.15) is 0 Å². The van der Waals surface area contributed by atoms with E-state index in [0.717, 1.165) is 18.5 Å². The highest BCUT2D eigenvalue weighted by Gasteiger charge is 2.17. The first-order valence-electron chi connectivity index (χ1n) is 8.37. The molecule has 0 atom stereocenters. The normalized spacial score (nSPS) is 14.2. The molecule has 3 rings (SSSR count). The van der Waals surface area contributed by atoms with Crippen molar-refractivity contribution in [2.75, 3.05) is 5.32 Å². The highest BCUT2D eigenvalue weighted by atomic mass is 32.1. The Balaban J connectivity index is 1.42. The average Bonchev–Trinajstić information content (AvgIpc) is 3.26. The number of nitrogens with zero attached hydrogens (tertiary/aromatic N) is 2. The van der Waals surface area contributed by atoms with Crippen LogP contribution >= 0.6 is 11.3 Å². The molecular weight excluding hydrogens is 338 g/mol. The Labute approximate surface area is 150 Å². The van der Waals surface area contributed by atoms with Gasteiger partial charge in [0, 0.05) is 17.6 Å². The Hall–Kier alpha value is -2.48. The van der Waals surface area contributed by atoms with Crippen LogP contribution in [0.1, 0.15) is 37.1 Å². The molecule has 7 nitrogen and oxygen atoms in total. The second-order valence-corrected chi connectivity index (χ2v) is 6.86. The Kier molecular flexibility index (Phi) is 5.95. The van der Waals surface area contributed by atoms with Crippen LogP contribution in [0.4, 0.5) is 9.93 Å².